The van der Waals surface area contributed by atoms with Gasteiger partial charge in [-0.1, -0.05) is 177 Å². The Labute approximate surface area is 414 Å². The first-order chi connectivity index (χ1) is 29.9. The number of aryl methyl sites for hydroxylation is 3. The molecule has 1 amide bonds. The highest BCUT2D eigenvalue weighted by atomic mass is 16.2. The molecule has 0 atom stereocenters. The Morgan fingerprint density at radius 1 is 0.478 bits per heavy atom. The Morgan fingerprint density at radius 3 is 1.31 bits per heavy atom. The first kappa shape index (κ1) is 66.1. The first-order valence-electron chi connectivity index (χ1n) is 25.7. The maximum atomic E-state index is 11.9. The lowest BCUT2D eigenvalue weighted by atomic mass is 9.88. The molecule has 0 spiro atoms. The summed E-state index contributed by atoms with van der Waals surface area (Å²) < 4.78 is 3.81. The van der Waals surface area contributed by atoms with Gasteiger partial charge in [0.25, 0.3) is 0 Å². The molecule has 2 N–H and O–H groups in total. The smallest absolute Gasteiger partial charge is 0.220 e. The van der Waals surface area contributed by atoms with Crippen LogP contribution in [0.1, 0.15) is 242 Å². The topological polar surface area (TPSA) is 137 Å². The van der Waals surface area contributed by atoms with E-state index in [-0.39, 0.29) is 39.1 Å². The number of Topliss-reactive ketones (excluding diaryl/α,β-unsaturated/α-hetero) is 2. The van der Waals surface area contributed by atoms with Crippen molar-refractivity contribution < 1.29 is 14.4 Å². The standard InChI is InChI=1S/C15H29NO2.C14H25N3O.C14H27N3.C13H29N/c1-14(2,3)9-10-16-13(18)8-7-12(17)11-15(4,5)6;1-13(2,3)7-8-17-10-11(15-16-17)9-12(18)14(4,5)6;1-13(2,3)8-7-12-11-17(16-15-12)10-9-14(4,5)6;1-12(2,3)8-7-10-14-11-9-13(4,5)6/h7-11H2,1-6H3,(H,16,18);10H,7-9H2,1-6H3;11H,7-10H2,1-6H3;14H,7-11H2,1-6H3. The molecule has 2 rings (SSSR count). The molecule has 2 aromatic heterocycles. The summed E-state index contributed by atoms with van der Waals surface area (Å²) in [7, 11) is 0. The van der Waals surface area contributed by atoms with E-state index in [0.29, 0.717) is 53.9 Å². The van der Waals surface area contributed by atoms with Gasteiger partial charge in [-0.3, -0.25) is 23.7 Å². The molecule has 11 heteroatoms. The molecular weight excluding hydrogens is 833 g/mol. The molecule has 67 heavy (non-hydrogen) atoms. The minimum atomic E-state index is -0.310. The fraction of sp³-hybridized carbons (Fsp3) is 0.875. The highest BCUT2D eigenvalue weighted by Gasteiger charge is 2.23. The minimum Gasteiger partial charge on any atom is -0.356 e. The zero-order valence-corrected chi connectivity index (χ0v) is 48.6. The van der Waals surface area contributed by atoms with Gasteiger partial charge in [0.15, 0.2) is 0 Å². The van der Waals surface area contributed by atoms with Crippen LogP contribution in [0.3, 0.4) is 0 Å². The Hall–Kier alpha value is -2.95. The number of rotatable bonds is 19. The van der Waals surface area contributed by atoms with E-state index in [1.54, 1.807) is 0 Å². The number of hydrogen-bond acceptors (Lipinski definition) is 8. The van der Waals surface area contributed by atoms with Crippen molar-refractivity contribution >= 4 is 17.5 Å². The first-order valence-corrected chi connectivity index (χ1v) is 25.7. The van der Waals surface area contributed by atoms with Crippen LogP contribution < -0.4 is 10.6 Å². The van der Waals surface area contributed by atoms with Crippen molar-refractivity contribution in [1.29, 1.82) is 0 Å². The summed E-state index contributed by atoms with van der Waals surface area (Å²) in [5, 5.41) is 22.9. The number of amides is 1. The molecule has 0 fully saturated rings. The lowest BCUT2D eigenvalue weighted by Crippen LogP contribution is -2.27. The van der Waals surface area contributed by atoms with E-state index in [4.69, 9.17) is 0 Å². The largest absolute Gasteiger partial charge is 0.356 e. The number of carbonyl (C=O) groups is 3. The van der Waals surface area contributed by atoms with E-state index in [1.165, 1.54) is 25.8 Å². The van der Waals surface area contributed by atoms with E-state index >= 15 is 0 Å². The van der Waals surface area contributed by atoms with Crippen molar-refractivity contribution in [2.45, 2.75) is 256 Å². The number of hydrogen-bond donors (Lipinski definition) is 2. The van der Waals surface area contributed by atoms with Crippen LogP contribution in [-0.2, 0) is 40.3 Å². The normalized spacial score (nSPS) is 12.8. The molecule has 11 nitrogen and oxygen atoms in total. The van der Waals surface area contributed by atoms with Gasteiger partial charge in [-0.25, -0.2) is 0 Å². The number of carbonyl (C=O) groups excluding carboxylic acids is 3. The lowest BCUT2D eigenvalue weighted by molar-refractivity contribution is -0.126. The van der Waals surface area contributed by atoms with Gasteiger partial charge in [0.2, 0.25) is 5.91 Å². The van der Waals surface area contributed by atoms with Crippen LogP contribution >= 0.6 is 0 Å². The number of nitrogens with one attached hydrogen (secondary N) is 2. The lowest BCUT2D eigenvalue weighted by Gasteiger charge is -2.20. The molecule has 0 radical (unpaired) electrons. The van der Waals surface area contributed by atoms with Gasteiger partial charge in [-0.15, -0.1) is 10.2 Å². The van der Waals surface area contributed by atoms with Crippen LogP contribution in [0.5, 0.6) is 0 Å². The van der Waals surface area contributed by atoms with Crippen LogP contribution in [0, 0.1) is 43.3 Å². The van der Waals surface area contributed by atoms with Gasteiger partial charge in [-0.05, 0) is 102 Å². The fourth-order valence-corrected chi connectivity index (χ4v) is 5.85. The van der Waals surface area contributed by atoms with E-state index in [0.717, 1.165) is 63.1 Å². The predicted octanol–water partition coefficient (Wildman–Crippen LogP) is 13.7. The molecule has 0 aliphatic heterocycles. The second-order valence-corrected chi connectivity index (χ2v) is 28.6. The molecule has 0 bridgehead atoms. The Bertz CT molecular complexity index is 1600. The molecular formula is C56H110N8O3. The maximum absolute atomic E-state index is 11.9. The van der Waals surface area contributed by atoms with Crippen molar-refractivity contribution in [3.8, 4) is 0 Å². The number of ketones is 2. The average Bonchev–Trinajstić information content (AvgIpc) is 3.76. The van der Waals surface area contributed by atoms with E-state index < -0.39 is 0 Å². The summed E-state index contributed by atoms with van der Waals surface area (Å²) in [4.78, 5) is 35.0. The summed E-state index contributed by atoms with van der Waals surface area (Å²) in [6.07, 6.45) is 14.8. The van der Waals surface area contributed by atoms with Gasteiger partial charge in [0.1, 0.15) is 11.6 Å². The maximum Gasteiger partial charge on any atom is 0.220 e. The summed E-state index contributed by atoms with van der Waals surface area (Å²) in [5.41, 5.74) is 3.80. The SMILES string of the molecule is CC(C)(C)CCCNCCC(C)(C)C.CC(C)(C)CCNC(=O)CCC(=O)CC(C)(C)C.CC(C)(C)CCc1cn(CCC(C)(C)C)nn1.CC(C)(C)CCn1cc(CC(=O)C(C)(C)C)nn1. The Morgan fingerprint density at radius 2 is 0.896 bits per heavy atom. The van der Waals surface area contributed by atoms with Crippen LogP contribution in [-0.4, -0.2) is 67.1 Å². The highest BCUT2D eigenvalue weighted by Crippen LogP contribution is 2.24. The second kappa shape index (κ2) is 29.3. The Kier molecular flexibility index (Phi) is 28.9. The molecule has 2 aromatic rings. The second-order valence-electron chi connectivity index (χ2n) is 28.6. The molecule has 0 aromatic carbocycles. The van der Waals surface area contributed by atoms with Gasteiger partial charge >= 0.3 is 0 Å². The zero-order valence-electron chi connectivity index (χ0n) is 48.6. The van der Waals surface area contributed by atoms with E-state index in [1.807, 2.05) is 57.1 Å². The van der Waals surface area contributed by atoms with Crippen molar-refractivity contribution in [1.82, 2.24) is 40.6 Å². The van der Waals surface area contributed by atoms with Crippen LogP contribution in [0.25, 0.3) is 0 Å². The third-order valence-corrected chi connectivity index (χ3v) is 10.6. The van der Waals surface area contributed by atoms with Gasteiger partial charge in [0.05, 0.1) is 17.8 Å². The summed E-state index contributed by atoms with van der Waals surface area (Å²) >= 11 is 0. The summed E-state index contributed by atoms with van der Waals surface area (Å²) in [6.45, 7) is 57.1. The summed E-state index contributed by atoms with van der Waals surface area (Å²) in [5.74, 6) is 0.361. The van der Waals surface area contributed by atoms with E-state index in [9.17, 15) is 14.4 Å². The van der Waals surface area contributed by atoms with E-state index in [2.05, 4.69) is 162 Å². The molecule has 392 valence electrons. The van der Waals surface area contributed by atoms with Gasteiger partial charge in [0, 0.05) is 56.7 Å². The third kappa shape index (κ3) is 46.6. The van der Waals surface area contributed by atoms with Crippen molar-refractivity contribution in [3.63, 3.8) is 0 Å². The molecule has 2 heterocycles. The van der Waals surface area contributed by atoms with Crippen molar-refractivity contribution in [2.24, 2.45) is 43.3 Å². The average molecular weight is 944 g/mol. The Balaban J connectivity index is 0. The van der Waals surface area contributed by atoms with Crippen molar-refractivity contribution in [3.05, 3.63) is 23.8 Å². The van der Waals surface area contributed by atoms with Gasteiger partial charge in [-0.2, -0.15) is 0 Å². The monoisotopic (exact) mass is 943 g/mol. The number of aromatic nitrogens is 6. The van der Waals surface area contributed by atoms with Crippen LogP contribution in [0.4, 0.5) is 0 Å². The number of nitrogens with zero attached hydrogens (tertiary/aromatic N) is 6. The highest BCUT2D eigenvalue weighted by molar-refractivity contribution is 5.85. The van der Waals surface area contributed by atoms with Crippen LogP contribution in [0.2, 0.25) is 0 Å². The molecule has 0 saturated carbocycles. The molecule has 0 aliphatic carbocycles. The van der Waals surface area contributed by atoms with Crippen molar-refractivity contribution in [2.75, 3.05) is 19.6 Å². The molecule has 0 unspecified atom stereocenters. The minimum absolute atomic E-state index is 0.0125. The summed E-state index contributed by atoms with van der Waals surface area (Å²) in [6, 6.07) is 0. The quantitative estimate of drug-likeness (QED) is 0.133. The predicted molar refractivity (Wildman–Crippen MR) is 285 cm³/mol. The molecule has 0 aliphatic rings. The van der Waals surface area contributed by atoms with Gasteiger partial charge < -0.3 is 10.6 Å². The third-order valence-electron chi connectivity index (χ3n) is 10.6. The zero-order chi connectivity index (χ0) is 52.7. The fourth-order valence-electron chi connectivity index (χ4n) is 5.85. The molecule has 0 saturated heterocycles. The van der Waals surface area contributed by atoms with Crippen LogP contribution in [0.15, 0.2) is 12.4 Å².